The number of carbonyl (C=O) groups is 1. The van der Waals surface area contributed by atoms with Crippen LogP contribution in [0.15, 0.2) is 12.1 Å². The Labute approximate surface area is 102 Å². The Bertz CT molecular complexity index is 409. The molecule has 1 aliphatic heterocycles. The molecule has 92 valence electrons. The van der Waals surface area contributed by atoms with E-state index in [4.69, 9.17) is 4.74 Å². The topological polar surface area (TPSA) is 29.5 Å². The second kappa shape index (κ2) is 5.32. The van der Waals surface area contributed by atoms with Gasteiger partial charge in [0.2, 0.25) is 0 Å². The van der Waals surface area contributed by atoms with E-state index < -0.39 is 0 Å². The average Bonchev–Trinajstić information content (AvgIpc) is 2.38. The Morgan fingerprint density at radius 1 is 1.35 bits per heavy atom. The van der Waals surface area contributed by atoms with Crippen molar-refractivity contribution < 1.29 is 9.53 Å². The minimum atomic E-state index is 0.774. The fourth-order valence-electron chi connectivity index (χ4n) is 2.46. The zero-order chi connectivity index (χ0) is 12.3. The molecule has 1 fully saturated rings. The van der Waals surface area contributed by atoms with Crippen LogP contribution in [0.2, 0.25) is 0 Å². The highest BCUT2D eigenvalue weighted by Crippen LogP contribution is 2.27. The van der Waals surface area contributed by atoms with Gasteiger partial charge in [0.25, 0.3) is 0 Å². The monoisotopic (exact) mass is 233 g/mol. The van der Waals surface area contributed by atoms with Crippen LogP contribution in [-0.4, -0.2) is 32.6 Å². The third kappa shape index (κ3) is 2.50. The van der Waals surface area contributed by atoms with Crippen molar-refractivity contribution in [2.75, 3.05) is 31.2 Å². The molecule has 0 aromatic heterocycles. The summed E-state index contributed by atoms with van der Waals surface area (Å²) in [5.41, 5.74) is 4.51. The highest BCUT2D eigenvalue weighted by atomic mass is 16.5. The molecule has 17 heavy (non-hydrogen) atoms. The number of morpholine rings is 1. The predicted molar refractivity (Wildman–Crippen MR) is 69.0 cm³/mol. The van der Waals surface area contributed by atoms with Crippen molar-refractivity contribution in [2.45, 2.75) is 20.3 Å². The largest absolute Gasteiger partial charge is 0.378 e. The van der Waals surface area contributed by atoms with Gasteiger partial charge in [-0.1, -0.05) is 6.92 Å². The van der Waals surface area contributed by atoms with Crippen LogP contribution in [-0.2, 0) is 11.2 Å². The molecular weight excluding hydrogens is 214 g/mol. The SMILES string of the molecule is CCc1cc(C=O)cc(C)c1N1CCOCC1. The number of rotatable bonds is 3. The van der Waals surface area contributed by atoms with Crippen LogP contribution >= 0.6 is 0 Å². The highest BCUT2D eigenvalue weighted by Gasteiger charge is 2.16. The van der Waals surface area contributed by atoms with Gasteiger partial charge >= 0.3 is 0 Å². The smallest absolute Gasteiger partial charge is 0.150 e. The maximum atomic E-state index is 10.9. The van der Waals surface area contributed by atoms with Crippen molar-refractivity contribution in [3.8, 4) is 0 Å². The summed E-state index contributed by atoms with van der Waals surface area (Å²) in [5, 5.41) is 0. The van der Waals surface area contributed by atoms with Gasteiger partial charge < -0.3 is 9.64 Å². The fraction of sp³-hybridized carbons (Fsp3) is 0.500. The minimum absolute atomic E-state index is 0.774. The third-order valence-electron chi connectivity index (χ3n) is 3.25. The number of hydrogen-bond acceptors (Lipinski definition) is 3. The molecule has 0 unspecified atom stereocenters. The lowest BCUT2D eigenvalue weighted by atomic mass is 10.0. The normalized spacial score (nSPS) is 16.0. The molecule has 0 saturated carbocycles. The Morgan fingerprint density at radius 2 is 2.06 bits per heavy atom. The molecule has 0 aliphatic carbocycles. The van der Waals surface area contributed by atoms with E-state index in [1.165, 1.54) is 16.8 Å². The lowest BCUT2D eigenvalue weighted by molar-refractivity contribution is 0.112. The molecule has 0 radical (unpaired) electrons. The molecule has 1 saturated heterocycles. The van der Waals surface area contributed by atoms with Gasteiger partial charge in [-0.2, -0.15) is 0 Å². The zero-order valence-corrected chi connectivity index (χ0v) is 10.5. The summed E-state index contributed by atoms with van der Waals surface area (Å²) in [6.07, 6.45) is 1.88. The molecule has 0 bridgehead atoms. The van der Waals surface area contributed by atoms with E-state index in [1.807, 2.05) is 12.1 Å². The van der Waals surface area contributed by atoms with Crippen LogP contribution in [0.4, 0.5) is 5.69 Å². The fourth-order valence-corrected chi connectivity index (χ4v) is 2.46. The van der Waals surface area contributed by atoms with Gasteiger partial charge in [-0.25, -0.2) is 0 Å². The van der Waals surface area contributed by atoms with Gasteiger partial charge in [-0.15, -0.1) is 0 Å². The van der Waals surface area contributed by atoms with Crippen molar-refractivity contribution >= 4 is 12.0 Å². The first-order valence-electron chi connectivity index (χ1n) is 6.17. The van der Waals surface area contributed by atoms with Gasteiger partial charge in [-0.05, 0) is 36.6 Å². The Hall–Kier alpha value is -1.35. The first kappa shape index (κ1) is 12.1. The number of nitrogens with zero attached hydrogens (tertiary/aromatic N) is 1. The van der Waals surface area contributed by atoms with Crippen molar-refractivity contribution in [1.82, 2.24) is 0 Å². The van der Waals surface area contributed by atoms with E-state index in [-0.39, 0.29) is 0 Å². The predicted octanol–water partition coefficient (Wildman–Crippen LogP) is 2.21. The molecule has 1 heterocycles. The highest BCUT2D eigenvalue weighted by molar-refractivity contribution is 5.78. The minimum Gasteiger partial charge on any atom is -0.378 e. The van der Waals surface area contributed by atoms with Gasteiger partial charge in [-0.3, -0.25) is 4.79 Å². The summed E-state index contributed by atoms with van der Waals surface area (Å²) in [6, 6.07) is 3.97. The average molecular weight is 233 g/mol. The molecule has 2 rings (SSSR count). The molecular formula is C14H19NO2. The number of anilines is 1. The first-order chi connectivity index (χ1) is 8.26. The Kier molecular flexibility index (Phi) is 3.79. The molecule has 3 heteroatoms. The van der Waals surface area contributed by atoms with E-state index in [0.29, 0.717) is 0 Å². The zero-order valence-electron chi connectivity index (χ0n) is 10.5. The maximum Gasteiger partial charge on any atom is 0.150 e. The van der Waals surface area contributed by atoms with E-state index in [2.05, 4.69) is 18.7 Å². The molecule has 1 aromatic carbocycles. The van der Waals surface area contributed by atoms with E-state index in [0.717, 1.165) is 44.6 Å². The Balaban J connectivity index is 2.40. The van der Waals surface area contributed by atoms with E-state index in [9.17, 15) is 4.79 Å². The van der Waals surface area contributed by atoms with Crippen LogP contribution in [0.1, 0.15) is 28.4 Å². The number of hydrogen-bond donors (Lipinski definition) is 0. The summed E-state index contributed by atoms with van der Waals surface area (Å²) in [5.74, 6) is 0. The van der Waals surface area contributed by atoms with E-state index >= 15 is 0 Å². The van der Waals surface area contributed by atoms with Gasteiger partial charge in [0.05, 0.1) is 13.2 Å². The first-order valence-corrected chi connectivity index (χ1v) is 6.17. The lowest BCUT2D eigenvalue weighted by Crippen LogP contribution is -2.37. The molecule has 1 aliphatic rings. The summed E-state index contributed by atoms with van der Waals surface area (Å²) < 4.78 is 5.38. The number of carbonyl (C=O) groups excluding carboxylic acids is 1. The molecule has 0 atom stereocenters. The molecule has 0 amide bonds. The molecule has 0 spiro atoms. The quantitative estimate of drug-likeness (QED) is 0.750. The number of benzene rings is 1. The summed E-state index contributed by atoms with van der Waals surface area (Å²) in [4.78, 5) is 13.2. The lowest BCUT2D eigenvalue weighted by Gasteiger charge is -2.32. The molecule has 0 N–H and O–H groups in total. The summed E-state index contributed by atoms with van der Waals surface area (Å²) in [6.45, 7) is 7.67. The number of ether oxygens (including phenoxy) is 1. The van der Waals surface area contributed by atoms with Gasteiger partial charge in [0.1, 0.15) is 6.29 Å². The number of aldehydes is 1. The van der Waals surface area contributed by atoms with Crippen LogP contribution in [0, 0.1) is 6.92 Å². The second-order valence-electron chi connectivity index (χ2n) is 4.42. The van der Waals surface area contributed by atoms with Crippen LogP contribution < -0.4 is 4.90 Å². The summed E-state index contributed by atoms with van der Waals surface area (Å²) in [7, 11) is 0. The van der Waals surface area contributed by atoms with Gasteiger partial charge in [0.15, 0.2) is 0 Å². The van der Waals surface area contributed by atoms with E-state index in [1.54, 1.807) is 0 Å². The summed E-state index contributed by atoms with van der Waals surface area (Å²) >= 11 is 0. The second-order valence-corrected chi connectivity index (χ2v) is 4.42. The third-order valence-corrected chi connectivity index (χ3v) is 3.25. The van der Waals surface area contributed by atoms with Crippen molar-refractivity contribution in [3.05, 3.63) is 28.8 Å². The number of aryl methyl sites for hydroxylation is 2. The Morgan fingerprint density at radius 3 is 2.65 bits per heavy atom. The van der Waals surface area contributed by atoms with Gasteiger partial charge in [0, 0.05) is 24.3 Å². The standard InChI is InChI=1S/C14H19NO2/c1-3-13-9-12(10-16)8-11(2)14(13)15-4-6-17-7-5-15/h8-10H,3-7H2,1-2H3. The molecule has 1 aromatic rings. The van der Waals surface area contributed by atoms with Crippen molar-refractivity contribution in [3.63, 3.8) is 0 Å². The maximum absolute atomic E-state index is 10.9. The van der Waals surface area contributed by atoms with Crippen LogP contribution in [0.25, 0.3) is 0 Å². The molecule has 3 nitrogen and oxygen atoms in total. The van der Waals surface area contributed by atoms with Crippen LogP contribution in [0.5, 0.6) is 0 Å². The van der Waals surface area contributed by atoms with Crippen LogP contribution in [0.3, 0.4) is 0 Å². The van der Waals surface area contributed by atoms with Crippen molar-refractivity contribution in [1.29, 1.82) is 0 Å². The van der Waals surface area contributed by atoms with Crippen molar-refractivity contribution in [2.24, 2.45) is 0 Å².